The van der Waals surface area contributed by atoms with Gasteiger partial charge in [0.05, 0.1) is 12.6 Å². The molecule has 98 valence electrons. The van der Waals surface area contributed by atoms with E-state index in [-0.39, 0.29) is 0 Å². The molecule has 6 heteroatoms. The van der Waals surface area contributed by atoms with Crippen molar-refractivity contribution in [2.45, 2.75) is 25.6 Å². The maximum atomic E-state index is 12.2. The minimum atomic E-state index is -4.86. The first-order valence-electron chi connectivity index (χ1n) is 5.49. The number of amides is 1. The van der Waals surface area contributed by atoms with Gasteiger partial charge < -0.3 is 10.1 Å². The van der Waals surface area contributed by atoms with Crippen LogP contribution in [0.4, 0.5) is 13.2 Å². The first-order valence-corrected chi connectivity index (χ1v) is 5.49. The third-order valence-electron chi connectivity index (χ3n) is 2.77. The summed E-state index contributed by atoms with van der Waals surface area (Å²) >= 11 is 0. The maximum Gasteiger partial charge on any atom is 0.471 e. The second-order valence-electron chi connectivity index (χ2n) is 4.20. The predicted molar refractivity (Wildman–Crippen MR) is 58.2 cm³/mol. The van der Waals surface area contributed by atoms with Crippen molar-refractivity contribution in [2.75, 3.05) is 6.61 Å². The van der Waals surface area contributed by atoms with Crippen LogP contribution in [0.1, 0.15) is 23.6 Å². The van der Waals surface area contributed by atoms with Crippen molar-refractivity contribution < 1.29 is 22.7 Å². The average molecular weight is 259 g/mol. The van der Waals surface area contributed by atoms with E-state index in [4.69, 9.17) is 4.74 Å². The molecule has 0 aromatic heterocycles. The molecule has 1 atom stereocenters. The number of benzene rings is 1. The highest BCUT2D eigenvalue weighted by Gasteiger charge is 2.40. The molecule has 2 rings (SSSR count). The van der Waals surface area contributed by atoms with E-state index in [1.807, 2.05) is 18.3 Å². The lowest BCUT2D eigenvalue weighted by atomic mass is 9.98. The summed E-state index contributed by atoms with van der Waals surface area (Å²) in [5, 5.41) is 2.00. The van der Waals surface area contributed by atoms with Gasteiger partial charge in [-0.25, -0.2) is 0 Å². The standard InChI is InChI=1S/C12H12F3NO2/c1-7-2-3-10-8(6-7)9(4-5-18-10)16-11(17)12(13,14)15/h2-3,6,9H,4-5H2,1H3,(H,16,17). The second kappa shape index (κ2) is 4.51. The molecule has 0 aliphatic carbocycles. The van der Waals surface area contributed by atoms with Gasteiger partial charge in [0.15, 0.2) is 0 Å². The molecule has 1 aliphatic heterocycles. The largest absolute Gasteiger partial charge is 0.493 e. The van der Waals surface area contributed by atoms with Crippen LogP contribution in [-0.4, -0.2) is 18.7 Å². The van der Waals surface area contributed by atoms with Gasteiger partial charge in [-0.05, 0) is 13.0 Å². The number of halogens is 3. The molecule has 0 saturated heterocycles. The Morgan fingerprint density at radius 2 is 2.17 bits per heavy atom. The number of aryl methyl sites for hydroxylation is 1. The summed E-state index contributed by atoms with van der Waals surface area (Å²) in [6.45, 7) is 2.12. The zero-order valence-corrected chi connectivity index (χ0v) is 9.67. The normalized spacial score (nSPS) is 18.8. The molecule has 1 amide bonds. The Labute approximate surface area is 102 Å². The first kappa shape index (κ1) is 12.7. The van der Waals surface area contributed by atoms with Gasteiger partial charge in [-0.3, -0.25) is 4.79 Å². The van der Waals surface area contributed by atoms with Crippen LogP contribution < -0.4 is 10.1 Å². The Balaban J connectivity index is 2.22. The molecule has 1 heterocycles. The molecular weight excluding hydrogens is 247 g/mol. The Morgan fingerprint density at radius 1 is 1.44 bits per heavy atom. The van der Waals surface area contributed by atoms with Crippen LogP contribution in [0.5, 0.6) is 5.75 Å². The number of hydrogen-bond acceptors (Lipinski definition) is 2. The molecule has 0 spiro atoms. The van der Waals surface area contributed by atoms with Crippen molar-refractivity contribution in [2.24, 2.45) is 0 Å². The summed E-state index contributed by atoms with van der Waals surface area (Å²) < 4.78 is 42.0. The molecule has 0 saturated carbocycles. The van der Waals surface area contributed by atoms with Crippen LogP contribution in [0.3, 0.4) is 0 Å². The topological polar surface area (TPSA) is 38.3 Å². The highest BCUT2D eigenvalue weighted by Crippen LogP contribution is 2.33. The van der Waals surface area contributed by atoms with E-state index in [9.17, 15) is 18.0 Å². The molecule has 0 radical (unpaired) electrons. The van der Waals surface area contributed by atoms with Crippen LogP contribution >= 0.6 is 0 Å². The first-order chi connectivity index (χ1) is 8.38. The molecule has 0 fully saturated rings. The summed E-state index contributed by atoms with van der Waals surface area (Å²) in [5.74, 6) is -1.39. The van der Waals surface area contributed by atoms with E-state index < -0.39 is 18.1 Å². The molecule has 3 nitrogen and oxygen atoms in total. The van der Waals surface area contributed by atoms with Crippen molar-refractivity contribution in [1.29, 1.82) is 0 Å². The van der Waals surface area contributed by atoms with Crippen LogP contribution in [0, 0.1) is 6.92 Å². The van der Waals surface area contributed by atoms with E-state index >= 15 is 0 Å². The fraction of sp³-hybridized carbons (Fsp3) is 0.417. The molecule has 0 bridgehead atoms. The summed E-state index contributed by atoms with van der Waals surface area (Å²) in [7, 11) is 0. The minimum absolute atomic E-state index is 0.291. The lowest BCUT2D eigenvalue weighted by Gasteiger charge is -2.27. The lowest BCUT2D eigenvalue weighted by molar-refractivity contribution is -0.174. The number of nitrogens with one attached hydrogen (secondary N) is 1. The Kier molecular flexibility index (Phi) is 3.19. The molecule has 1 aromatic carbocycles. The van der Waals surface area contributed by atoms with Gasteiger partial charge in [-0.2, -0.15) is 13.2 Å². The van der Waals surface area contributed by atoms with Gasteiger partial charge in [0.2, 0.25) is 0 Å². The van der Waals surface area contributed by atoms with E-state index in [1.165, 1.54) is 0 Å². The monoisotopic (exact) mass is 259 g/mol. The predicted octanol–water partition coefficient (Wildman–Crippen LogP) is 2.50. The fourth-order valence-corrected chi connectivity index (χ4v) is 1.90. The zero-order chi connectivity index (χ0) is 13.3. The Hall–Kier alpha value is -1.72. The summed E-state index contributed by atoms with van der Waals surface area (Å²) in [5.41, 5.74) is 1.50. The molecule has 1 N–H and O–H groups in total. The summed E-state index contributed by atoms with van der Waals surface area (Å²) in [6, 6.07) is 4.60. The van der Waals surface area contributed by atoms with Gasteiger partial charge >= 0.3 is 12.1 Å². The maximum absolute atomic E-state index is 12.2. The number of carbonyl (C=O) groups is 1. The van der Waals surface area contributed by atoms with Crippen LogP contribution in [-0.2, 0) is 4.79 Å². The lowest BCUT2D eigenvalue weighted by Crippen LogP contribution is -2.40. The van der Waals surface area contributed by atoms with Gasteiger partial charge in [0.25, 0.3) is 0 Å². The highest BCUT2D eigenvalue weighted by atomic mass is 19.4. The van der Waals surface area contributed by atoms with E-state index in [1.54, 1.807) is 12.1 Å². The van der Waals surface area contributed by atoms with Crippen molar-refractivity contribution >= 4 is 5.91 Å². The van der Waals surface area contributed by atoms with Gasteiger partial charge in [-0.1, -0.05) is 17.7 Å². The SMILES string of the molecule is Cc1ccc2c(c1)C(NC(=O)C(F)(F)F)CCO2. The van der Waals surface area contributed by atoms with Crippen LogP contribution in [0.25, 0.3) is 0 Å². The Bertz CT molecular complexity index is 471. The number of carbonyl (C=O) groups excluding carboxylic acids is 1. The molecule has 1 aliphatic rings. The number of ether oxygens (including phenoxy) is 1. The number of fused-ring (bicyclic) bond motifs is 1. The second-order valence-corrected chi connectivity index (χ2v) is 4.20. The minimum Gasteiger partial charge on any atom is -0.493 e. The van der Waals surface area contributed by atoms with Crippen molar-refractivity contribution in [3.63, 3.8) is 0 Å². The van der Waals surface area contributed by atoms with Gasteiger partial charge in [0, 0.05) is 12.0 Å². The number of hydrogen-bond donors (Lipinski definition) is 1. The summed E-state index contributed by atoms with van der Waals surface area (Å²) in [4.78, 5) is 11.0. The molecule has 1 unspecified atom stereocenters. The third-order valence-corrected chi connectivity index (χ3v) is 2.77. The number of rotatable bonds is 1. The van der Waals surface area contributed by atoms with E-state index in [2.05, 4.69) is 0 Å². The average Bonchev–Trinajstić information content (AvgIpc) is 2.28. The smallest absolute Gasteiger partial charge is 0.471 e. The van der Waals surface area contributed by atoms with Crippen molar-refractivity contribution in [1.82, 2.24) is 5.32 Å². The Morgan fingerprint density at radius 3 is 2.83 bits per heavy atom. The van der Waals surface area contributed by atoms with Gasteiger partial charge in [0.1, 0.15) is 5.75 Å². The third kappa shape index (κ3) is 2.57. The summed E-state index contributed by atoms with van der Waals surface area (Å²) in [6.07, 6.45) is -4.53. The zero-order valence-electron chi connectivity index (χ0n) is 9.67. The van der Waals surface area contributed by atoms with Crippen molar-refractivity contribution in [3.8, 4) is 5.75 Å². The fourth-order valence-electron chi connectivity index (χ4n) is 1.90. The quantitative estimate of drug-likeness (QED) is 0.841. The van der Waals surface area contributed by atoms with Crippen LogP contribution in [0.15, 0.2) is 18.2 Å². The molecule has 1 aromatic rings. The van der Waals surface area contributed by atoms with E-state index in [0.29, 0.717) is 24.3 Å². The van der Waals surface area contributed by atoms with E-state index in [0.717, 1.165) is 5.56 Å². The van der Waals surface area contributed by atoms with Gasteiger partial charge in [-0.15, -0.1) is 0 Å². The number of alkyl halides is 3. The van der Waals surface area contributed by atoms with Crippen LogP contribution in [0.2, 0.25) is 0 Å². The molecule has 18 heavy (non-hydrogen) atoms. The molecular formula is C12H12F3NO2. The highest BCUT2D eigenvalue weighted by molar-refractivity contribution is 5.82. The van der Waals surface area contributed by atoms with Crippen molar-refractivity contribution in [3.05, 3.63) is 29.3 Å².